The fourth-order valence-electron chi connectivity index (χ4n) is 1.98. The minimum Gasteiger partial charge on any atom is -0.349 e. The van der Waals surface area contributed by atoms with Gasteiger partial charge in [0.05, 0.1) is 6.42 Å². The molecule has 0 radical (unpaired) electrons. The lowest BCUT2D eigenvalue weighted by atomic mass is 10.1. The molecule has 0 unspecified atom stereocenters. The lowest BCUT2D eigenvalue weighted by Gasteiger charge is -2.10. The molecule has 2 amide bonds. The van der Waals surface area contributed by atoms with Gasteiger partial charge >= 0.3 is 0 Å². The third-order valence-corrected chi connectivity index (χ3v) is 3.70. The summed E-state index contributed by atoms with van der Waals surface area (Å²) in [6.07, 6.45) is 2.18. The van der Waals surface area contributed by atoms with Gasteiger partial charge < -0.3 is 14.8 Å². The highest BCUT2D eigenvalue weighted by molar-refractivity contribution is 9.10. The molecule has 2 rings (SSSR count). The van der Waals surface area contributed by atoms with E-state index in [0.717, 1.165) is 10.0 Å². The quantitative estimate of drug-likeness (QED) is 0.907. The summed E-state index contributed by atoms with van der Waals surface area (Å²) in [4.78, 5) is 25.4. The molecule has 22 heavy (non-hydrogen) atoms. The van der Waals surface area contributed by atoms with Gasteiger partial charge in [-0.25, -0.2) is 0 Å². The Kier molecular flexibility index (Phi) is 5.03. The number of likely N-dealkylation sites (N-methyl/N-ethyl adjacent to an activating group) is 1. The van der Waals surface area contributed by atoms with Crippen LogP contribution in [0.2, 0.25) is 0 Å². The van der Waals surface area contributed by atoms with Gasteiger partial charge in [0.15, 0.2) is 0 Å². The van der Waals surface area contributed by atoms with Crippen LogP contribution in [0, 0.1) is 0 Å². The molecule has 0 aliphatic rings. The molecule has 1 N–H and O–H groups in total. The molecule has 6 heteroatoms. The summed E-state index contributed by atoms with van der Waals surface area (Å²) in [5.41, 5.74) is 2.18. The minimum atomic E-state index is -0.176. The summed E-state index contributed by atoms with van der Waals surface area (Å²) in [5, 5.41) is 2.84. The molecule has 0 spiro atoms. The van der Waals surface area contributed by atoms with Crippen LogP contribution in [0.15, 0.2) is 41.0 Å². The molecule has 2 aromatic rings. The van der Waals surface area contributed by atoms with Crippen molar-refractivity contribution < 1.29 is 9.59 Å². The van der Waals surface area contributed by atoms with Gasteiger partial charge in [-0.3, -0.25) is 9.59 Å². The molecule has 116 valence electrons. The number of amides is 2. The van der Waals surface area contributed by atoms with Crippen LogP contribution in [0.4, 0.5) is 5.69 Å². The summed E-state index contributed by atoms with van der Waals surface area (Å²) in [7, 11) is 5.28. The molecule has 1 aromatic carbocycles. The maximum absolute atomic E-state index is 12.2. The van der Waals surface area contributed by atoms with E-state index in [1.807, 2.05) is 25.4 Å². The monoisotopic (exact) mass is 363 g/mol. The topological polar surface area (TPSA) is 54.3 Å². The second-order valence-corrected chi connectivity index (χ2v) is 6.19. The summed E-state index contributed by atoms with van der Waals surface area (Å²) in [6, 6.07) is 9.05. The van der Waals surface area contributed by atoms with Crippen LogP contribution in [-0.4, -0.2) is 35.4 Å². The highest BCUT2D eigenvalue weighted by Gasteiger charge is 2.11. The zero-order valence-electron chi connectivity index (χ0n) is 12.8. The number of benzene rings is 1. The first-order valence-corrected chi connectivity index (χ1v) is 7.58. The van der Waals surface area contributed by atoms with Gasteiger partial charge in [-0.2, -0.15) is 0 Å². The van der Waals surface area contributed by atoms with Crippen LogP contribution in [0.1, 0.15) is 16.1 Å². The predicted octanol–water partition coefficient (Wildman–Crippen LogP) is 2.67. The fourth-order valence-corrected chi connectivity index (χ4v) is 2.51. The number of hydrogen-bond donors (Lipinski definition) is 1. The van der Waals surface area contributed by atoms with E-state index in [4.69, 9.17) is 0 Å². The van der Waals surface area contributed by atoms with Crippen LogP contribution < -0.4 is 5.32 Å². The minimum absolute atomic E-state index is 0.0467. The second kappa shape index (κ2) is 6.79. The van der Waals surface area contributed by atoms with Gasteiger partial charge in [-0.1, -0.05) is 12.1 Å². The number of nitrogens with one attached hydrogen (secondary N) is 1. The molecule has 0 aliphatic heterocycles. The fraction of sp³-hybridized carbons (Fsp3) is 0.250. The number of aromatic nitrogens is 1. The summed E-state index contributed by atoms with van der Waals surface area (Å²) in [6.45, 7) is 0. The number of carbonyl (C=O) groups excluding carboxylic acids is 2. The number of aryl methyl sites for hydroxylation is 1. The third-order valence-electron chi connectivity index (χ3n) is 3.27. The van der Waals surface area contributed by atoms with E-state index in [2.05, 4.69) is 21.2 Å². The van der Waals surface area contributed by atoms with Crippen molar-refractivity contribution in [3.63, 3.8) is 0 Å². The Labute approximate surface area is 138 Å². The number of hydrogen-bond acceptors (Lipinski definition) is 2. The van der Waals surface area contributed by atoms with Crippen LogP contribution in [0.5, 0.6) is 0 Å². The van der Waals surface area contributed by atoms with Crippen molar-refractivity contribution in [2.24, 2.45) is 7.05 Å². The maximum atomic E-state index is 12.2. The summed E-state index contributed by atoms with van der Waals surface area (Å²) < 4.78 is 2.61. The second-order valence-electron chi connectivity index (χ2n) is 5.27. The number of halogens is 1. The molecule has 0 atom stereocenters. The summed E-state index contributed by atoms with van der Waals surface area (Å²) in [5.74, 6) is -0.129. The zero-order chi connectivity index (χ0) is 16.3. The van der Waals surface area contributed by atoms with Gasteiger partial charge in [-0.05, 0) is 39.7 Å². The number of carbonyl (C=O) groups is 2. The van der Waals surface area contributed by atoms with E-state index in [1.165, 1.54) is 0 Å². The third kappa shape index (κ3) is 3.98. The first kappa shape index (κ1) is 16.3. The van der Waals surface area contributed by atoms with E-state index < -0.39 is 0 Å². The molecular weight excluding hydrogens is 346 g/mol. The van der Waals surface area contributed by atoms with Gasteiger partial charge in [0, 0.05) is 37.5 Å². The Hall–Kier alpha value is -2.08. The molecule has 0 saturated carbocycles. The summed E-state index contributed by atoms with van der Waals surface area (Å²) >= 11 is 3.34. The number of nitrogens with zero attached hydrogens (tertiary/aromatic N) is 2. The average molecular weight is 364 g/mol. The Morgan fingerprint density at radius 2 is 1.86 bits per heavy atom. The van der Waals surface area contributed by atoms with Crippen molar-refractivity contribution in [2.45, 2.75) is 6.42 Å². The Morgan fingerprint density at radius 1 is 1.23 bits per heavy atom. The predicted molar refractivity (Wildman–Crippen MR) is 89.9 cm³/mol. The molecule has 5 nitrogen and oxygen atoms in total. The first-order valence-electron chi connectivity index (χ1n) is 6.79. The van der Waals surface area contributed by atoms with Crippen LogP contribution in [0.25, 0.3) is 0 Å². The van der Waals surface area contributed by atoms with Crippen LogP contribution in [-0.2, 0) is 18.3 Å². The van der Waals surface area contributed by atoms with Crippen LogP contribution >= 0.6 is 15.9 Å². The van der Waals surface area contributed by atoms with Crippen molar-refractivity contribution in [3.8, 4) is 0 Å². The van der Waals surface area contributed by atoms with Crippen molar-refractivity contribution >= 4 is 33.4 Å². The lowest BCUT2D eigenvalue weighted by molar-refractivity contribution is -0.127. The van der Waals surface area contributed by atoms with E-state index >= 15 is 0 Å². The Balaban J connectivity index is 2.03. The highest BCUT2D eigenvalue weighted by atomic mass is 79.9. The largest absolute Gasteiger partial charge is 0.349 e. The first-order chi connectivity index (χ1) is 10.4. The van der Waals surface area contributed by atoms with Crippen LogP contribution in [0.3, 0.4) is 0 Å². The van der Waals surface area contributed by atoms with Gasteiger partial charge in [0.25, 0.3) is 5.91 Å². The molecule has 1 heterocycles. The van der Waals surface area contributed by atoms with Crippen molar-refractivity contribution in [3.05, 3.63) is 52.3 Å². The molecule has 0 bridgehead atoms. The van der Waals surface area contributed by atoms with Gasteiger partial charge in [0.2, 0.25) is 5.91 Å². The van der Waals surface area contributed by atoms with E-state index in [9.17, 15) is 9.59 Å². The molecule has 0 aliphatic carbocycles. The number of rotatable bonds is 4. The van der Waals surface area contributed by atoms with Gasteiger partial charge in [0.1, 0.15) is 5.69 Å². The van der Waals surface area contributed by atoms with E-state index in [0.29, 0.717) is 17.8 Å². The van der Waals surface area contributed by atoms with E-state index in [1.54, 1.807) is 41.8 Å². The molecule has 0 saturated heterocycles. The maximum Gasteiger partial charge on any atom is 0.272 e. The van der Waals surface area contributed by atoms with Crippen molar-refractivity contribution in [1.82, 2.24) is 9.47 Å². The van der Waals surface area contributed by atoms with Crippen molar-refractivity contribution in [1.29, 1.82) is 0 Å². The van der Waals surface area contributed by atoms with E-state index in [-0.39, 0.29) is 11.8 Å². The average Bonchev–Trinajstić information content (AvgIpc) is 2.79. The SMILES string of the molecule is CN(C)C(=O)Cc1ccc(NC(=O)c2cc(Br)cn2C)cc1. The molecule has 1 aromatic heterocycles. The lowest BCUT2D eigenvalue weighted by Crippen LogP contribution is -2.23. The molecule has 0 fully saturated rings. The zero-order valence-corrected chi connectivity index (χ0v) is 14.3. The standard InChI is InChI=1S/C16H18BrN3O2/c1-19(2)15(21)8-11-4-6-13(7-5-11)18-16(22)14-9-12(17)10-20(14)3/h4-7,9-10H,8H2,1-3H3,(H,18,22). The van der Waals surface area contributed by atoms with Gasteiger partial charge in [-0.15, -0.1) is 0 Å². The highest BCUT2D eigenvalue weighted by Crippen LogP contribution is 2.16. The number of anilines is 1. The Morgan fingerprint density at radius 3 is 2.36 bits per heavy atom. The normalized spacial score (nSPS) is 10.4. The smallest absolute Gasteiger partial charge is 0.272 e. The molecular formula is C16H18BrN3O2. The Bertz CT molecular complexity index is 690. The van der Waals surface area contributed by atoms with Crippen molar-refractivity contribution in [2.75, 3.05) is 19.4 Å².